The Morgan fingerprint density at radius 2 is 1.86 bits per heavy atom. The Balaban J connectivity index is 1.46. The molecule has 1 aliphatic rings. The third-order valence-electron chi connectivity index (χ3n) is 5.00. The number of amides is 3. The van der Waals surface area contributed by atoms with Crippen molar-refractivity contribution in [2.75, 3.05) is 11.9 Å². The van der Waals surface area contributed by atoms with E-state index in [2.05, 4.69) is 5.32 Å². The number of thioether (sulfide) groups is 1. The largest absolute Gasteiger partial charge is 0.482 e. The molecule has 0 unspecified atom stereocenters. The number of benzene rings is 3. The third kappa shape index (κ3) is 5.94. The van der Waals surface area contributed by atoms with Crippen LogP contribution in [-0.2, 0) is 16.2 Å². The number of anilines is 1. The molecule has 3 aromatic carbocycles. The molecule has 36 heavy (non-hydrogen) atoms. The molecule has 0 radical (unpaired) electrons. The minimum atomic E-state index is -0.716. The summed E-state index contributed by atoms with van der Waals surface area (Å²) < 4.78 is 18.9. The summed E-state index contributed by atoms with van der Waals surface area (Å²) in [6.07, 6.45) is 1.34. The number of nitro benzene ring substituents is 1. The highest BCUT2D eigenvalue weighted by Gasteiger charge is 2.36. The predicted octanol–water partition coefficient (Wildman–Crippen LogP) is 4.99. The van der Waals surface area contributed by atoms with Gasteiger partial charge in [-0.25, -0.2) is 4.39 Å². The van der Waals surface area contributed by atoms with E-state index in [4.69, 9.17) is 4.74 Å². The van der Waals surface area contributed by atoms with Crippen LogP contribution in [0.2, 0.25) is 0 Å². The zero-order chi connectivity index (χ0) is 25.7. The molecule has 182 valence electrons. The van der Waals surface area contributed by atoms with Crippen LogP contribution in [0.3, 0.4) is 0 Å². The lowest BCUT2D eigenvalue weighted by Gasteiger charge is -2.12. The molecule has 9 nitrogen and oxygen atoms in total. The third-order valence-corrected chi connectivity index (χ3v) is 5.91. The van der Waals surface area contributed by atoms with Gasteiger partial charge in [0.2, 0.25) is 5.91 Å². The van der Waals surface area contributed by atoms with Crippen molar-refractivity contribution in [3.05, 3.63) is 105 Å². The summed E-state index contributed by atoms with van der Waals surface area (Å²) in [5, 5.41) is 13.3. The van der Waals surface area contributed by atoms with Gasteiger partial charge in [-0.1, -0.05) is 42.5 Å². The number of carbonyl (C=O) groups excluding carboxylic acids is 3. The molecule has 3 amide bonds. The van der Waals surface area contributed by atoms with Crippen molar-refractivity contribution in [1.82, 2.24) is 4.90 Å². The van der Waals surface area contributed by atoms with Gasteiger partial charge in [0, 0.05) is 11.8 Å². The van der Waals surface area contributed by atoms with Crippen LogP contribution in [0.4, 0.5) is 20.6 Å². The number of halogens is 1. The van der Waals surface area contributed by atoms with E-state index in [1.165, 1.54) is 42.5 Å². The predicted molar refractivity (Wildman–Crippen MR) is 132 cm³/mol. The first-order chi connectivity index (χ1) is 17.3. The van der Waals surface area contributed by atoms with Crippen molar-refractivity contribution in [2.24, 2.45) is 0 Å². The summed E-state index contributed by atoms with van der Waals surface area (Å²) in [5.74, 6) is -1.89. The Hall–Kier alpha value is -4.51. The van der Waals surface area contributed by atoms with Gasteiger partial charge in [0.25, 0.3) is 11.1 Å². The minimum absolute atomic E-state index is 0.00538. The van der Waals surface area contributed by atoms with Gasteiger partial charge < -0.3 is 10.1 Å². The fourth-order valence-corrected chi connectivity index (χ4v) is 4.16. The van der Waals surface area contributed by atoms with E-state index < -0.39 is 34.3 Å². The monoisotopic (exact) mass is 507 g/mol. The highest BCUT2D eigenvalue weighted by molar-refractivity contribution is 8.18. The van der Waals surface area contributed by atoms with Gasteiger partial charge in [0.05, 0.1) is 9.83 Å². The lowest BCUT2D eigenvalue weighted by atomic mass is 10.1. The molecule has 0 atom stereocenters. The molecule has 1 N–H and O–H groups in total. The summed E-state index contributed by atoms with van der Waals surface area (Å²) in [6, 6.07) is 18.5. The molecule has 4 rings (SSSR count). The van der Waals surface area contributed by atoms with Gasteiger partial charge in [-0.3, -0.25) is 29.4 Å². The number of rotatable bonds is 8. The van der Waals surface area contributed by atoms with Gasteiger partial charge in [-0.05, 0) is 53.2 Å². The number of nitro groups is 1. The minimum Gasteiger partial charge on any atom is -0.482 e. The number of hydrogen-bond acceptors (Lipinski definition) is 7. The molecule has 0 aliphatic carbocycles. The van der Waals surface area contributed by atoms with E-state index in [0.717, 1.165) is 16.5 Å². The zero-order valence-electron chi connectivity index (χ0n) is 18.5. The molecule has 1 fully saturated rings. The van der Waals surface area contributed by atoms with E-state index in [-0.39, 0.29) is 28.6 Å². The van der Waals surface area contributed by atoms with Gasteiger partial charge in [0.1, 0.15) is 19.0 Å². The van der Waals surface area contributed by atoms with Crippen LogP contribution in [0.25, 0.3) is 6.08 Å². The van der Waals surface area contributed by atoms with Crippen LogP contribution in [0.15, 0.2) is 77.7 Å². The van der Waals surface area contributed by atoms with E-state index >= 15 is 0 Å². The zero-order valence-corrected chi connectivity index (χ0v) is 19.4. The lowest BCUT2D eigenvalue weighted by Crippen LogP contribution is -2.36. The molecular formula is C25H18FN3O6S. The van der Waals surface area contributed by atoms with Crippen molar-refractivity contribution in [1.29, 1.82) is 0 Å². The van der Waals surface area contributed by atoms with Crippen LogP contribution >= 0.6 is 11.8 Å². The Kier molecular flexibility index (Phi) is 7.40. The molecule has 0 bridgehead atoms. The summed E-state index contributed by atoms with van der Waals surface area (Å²) in [6.45, 7) is -0.428. The summed E-state index contributed by atoms with van der Waals surface area (Å²) in [4.78, 5) is 49.1. The highest BCUT2D eigenvalue weighted by atomic mass is 32.2. The van der Waals surface area contributed by atoms with Crippen molar-refractivity contribution in [3.63, 3.8) is 0 Å². The van der Waals surface area contributed by atoms with Crippen LogP contribution in [0.1, 0.15) is 11.1 Å². The normalized spacial score (nSPS) is 14.2. The molecule has 1 aliphatic heterocycles. The van der Waals surface area contributed by atoms with Crippen LogP contribution < -0.4 is 10.1 Å². The number of imide groups is 1. The summed E-state index contributed by atoms with van der Waals surface area (Å²) in [5.41, 5.74) is 1.03. The Labute approximate surface area is 208 Å². The molecule has 0 saturated carbocycles. The average molecular weight is 507 g/mol. The molecule has 0 spiro atoms. The van der Waals surface area contributed by atoms with Gasteiger partial charge in [0.15, 0.2) is 5.75 Å². The molecule has 11 heteroatoms. The second-order valence-electron chi connectivity index (χ2n) is 7.58. The van der Waals surface area contributed by atoms with Crippen molar-refractivity contribution in [3.8, 4) is 5.75 Å². The summed E-state index contributed by atoms with van der Waals surface area (Å²) in [7, 11) is 0. The van der Waals surface area contributed by atoms with Crippen molar-refractivity contribution in [2.45, 2.75) is 6.61 Å². The lowest BCUT2D eigenvalue weighted by molar-refractivity contribution is -0.386. The SMILES string of the molecule is O=C(CN1C(=O)S/C(=C/c2ccc(OCc3ccccc3)c([N+](=O)[O-])c2)C1=O)Nc1cccc(F)c1. The first-order valence-electron chi connectivity index (χ1n) is 10.6. The Morgan fingerprint density at radius 1 is 1.08 bits per heavy atom. The number of ether oxygens (including phenoxy) is 1. The van der Waals surface area contributed by atoms with Gasteiger partial charge in [-0.2, -0.15) is 0 Å². The van der Waals surface area contributed by atoms with E-state index in [9.17, 15) is 28.9 Å². The number of nitrogens with zero attached hydrogens (tertiary/aromatic N) is 2. The number of hydrogen-bond donors (Lipinski definition) is 1. The fraction of sp³-hybridized carbons (Fsp3) is 0.0800. The first kappa shape index (κ1) is 24.6. The van der Waals surface area contributed by atoms with E-state index in [0.29, 0.717) is 17.3 Å². The molecule has 1 heterocycles. The smallest absolute Gasteiger partial charge is 0.311 e. The maximum atomic E-state index is 13.3. The van der Waals surface area contributed by atoms with E-state index in [1.54, 1.807) is 0 Å². The topological polar surface area (TPSA) is 119 Å². The highest BCUT2D eigenvalue weighted by Crippen LogP contribution is 2.34. The van der Waals surface area contributed by atoms with Crippen molar-refractivity contribution < 1.29 is 28.4 Å². The molecule has 0 aromatic heterocycles. The number of carbonyl (C=O) groups is 3. The summed E-state index contributed by atoms with van der Waals surface area (Å²) >= 11 is 0.611. The van der Waals surface area contributed by atoms with E-state index in [1.807, 2.05) is 30.3 Å². The van der Waals surface area contributed by atoms with Crippen LogP contribution in [0.5, 0.6) is 5.75 Å². The molecule has 1 saturated heterocycles. The van der Waals surface area contributed by atoms with Crippen molar-refractivity contribution >= 4 is 46.3 Å². The maximum absolute atomic E-state index is 13.3. The fourth-order valence-electron chi connectivity index (χ4n) is 3.32. The second kappa shape index (κ2) is 10.8. The second-order valence-corrected chi connectivity index (χ2v) is 8.58. The maximum Gasteiger partial charge on any atom is 0.311 e. The standard InChI is InChI=1S/C25H18FN3O6S/c26-18-7-4-8-19(13-18)27-23(30)14-28-24(31)22(36-25(28)32)12-17-9-10-21(20(11-17)29(33)34)35-15-16-5-2-1-3-6-16/h1-13H,14-15H2,(H,27,30)/b22-12+. The number of nitrogens with one attached hydrogen (secondary N) is 1. The average Bonchev–Trinajstić information content (AvgIpc) is 3.11. The molecule has 3 aromatic rings. The van der Waals surface area contributed by atoms with Gasteiger partial charge >= 0.3 is 5.69 Å². The Bertz CT molecular complexity index is 1380. The van der Waals surface area contributed by atoms with Crippen LogP contribution in [0, 0.1) is 15.9 Å². The Morgan fingerprint density at radius 3 is 2.58 bits per heavy atom. The quantitative estimate of drug-likeness (QED) is 0.259. The van der Waals surface area contributed by atoms with Crippen LogP contribution in [-0.4, -0.2) is 33.4 Å². The van der Waals surface area contributed by atoms with Gasteiger partial charge in [-0.15, -0.1) is 0 Å². The molecular weight excluding hydrogens is 489 g/mol. The first-order valence-corrected chi connectivity index (χ1v) is 11.4.